The van der Waals surface area contributed by atoms with Crippen LogP contribution in [0, 0.1) is 18.8 Å². The first-order chi connectivity index (χ1) is 8.31. The summed E-state index contributed by atoms with van der Waals surface area (Å²) in [5, 5.41) is 1.28. The lowest BCUT2D eigenvalue weighted by Crippen LogP contribution is -1.62. The van der Waals surface area contributed by atoms with Gasteiger partial charge in [0.2, 0.25) is 0 Å². The minimum atomic E-state index is 1.14. The van der Waals surface area contributed by atoms with Crippen LogP contribution < -0.4 is 0 Å². The molecule has 0 N–H and O–H groups in total. The summed E-state index contributed by atoms with van der Waals surface area (Å²) in [4.78, 5) is 3.59. The van der Waals surface area contributed by atoms with Gasteiger partial charge in [0.1, 0.15) is 0 Å². The second-order valence-corrected chi connectivity index (χ2v) is 6.18. The van der Waals surface area contributed by atoms with Crippen LogP contribution >= 0.6 is 22.7 Å². The van der Waals surface area contributed by atoms with E-state index in [1.807, 2.05) is 0 Å². The molecular formula is C15H10S2. The van der Waals surface area contributed by atoms with Crippen molar-refractivity contribution in [1.82, 2.24) is 0 Å². The Labute approximate surface area is 109 Å². The van der Waals surface area contributed by atoms with Gasteiger partial charge < -0.3 is 0 Å². The van der Waals surface area contributed by atoms with Crippen molar-refractivity contribution in [1.29, 1.82) is 0 Å². The smallest absolute Gasteiger partial charge is 0.0785 e. The van der Waals surface area contributed by atoms with Gasteiger partial charge in [-0.25, -0.2) is 0 Å². The summed E-state index contributed by atoms with van der Waals surface area (Å²) in [5.41, 5.74) is 0. The van der Waals surface area contributed by atoms with Gasteiger partial charge in [0.25, 0.3) is 0 Å². The van der Waals surface area contributed by atoms with Gasteiger partial charge in [-0.2, -0.15) is 0 Å². The Morgan fingerprint density at radius 3 is 2.47 bits per heavy atom. The van der Waals surface area contributed by atoms with E-state index >= 15 is 0 Å². The van der Waals surface area contributed by atoms with E-state index in [-0.39, 0.29) is 0 Å². The van der Waals surface area contributed by atoms with Crippen LogP contribution in [-0.2, 0) is 0 Å². The lowest BCUT2D eigenvalue weighted by Gasteiger charge is -1.82. The van der Waals surface area contributed by atoms with Gasteiger partial charge in [-0.15, -0.1) is 22.7 Å². The maximum absolute atomic E-state index is 3.24. The van der Waals surface area contributed by atoms with Crippen molar-refractivity contribution in [3.8, 4) is 11.8 Å². The molecule has 0 saturated heterocycles. The molecule has 0 aliphatic rings. The summed E-state index contributed by atoms with van der Waals surface area (Å²) in [7, 11) is 0. The number of fused-ring (bicyclic) bond motifs is 1. The van der Waals surface area contributed by atoms with E-state index in [0.717, 1.165) is 9.75 Å². The monoisotopic (exact) mass is 254 g/mol. The number of benzene rings is 1. The summed E-state index contributed by atoms with van der Waals surface area (Å²) in [6.45, 7) is 2.11. The normalized spacial score (nSPS) is 10.2. The molecule has 3 aromatic rings. The average Bonchev–Trinajstić information content (AvgIpc) is 2.91. The summed E-state index contributed by atoms with van der Waals surface area (Å²) in [6, 6.07) is 14.8. The zero-order valence-corrected chi connectivity index (χ0v) is 11.0. The van der Waals surface area contributed by atoms with Gasteiger partial charge in [0.05, 0.1) is 9.75 Å². The number of rotatable bonds is 0. The first-order valence-corrected chi connectivity index (χ1v) is 7.01. The Kier molecular flexibility index (Phi) is 2.72. The second-order valence-electron chi connectivity index (χ2n) is 3.81. The van der Waals surface area contributed by atoms with E-state index in [2.05, 4.69) is 61.2 Å². The minimum absolute atomic E-state index is 1.14. The van der Waals surface area contributed by atoms with Gasteiger partial charge in [-0.1, -0.05) is 18.2 Å². The SMILES string of the molecule is Cc1ccc(C#Cc2cc3ccccc3s2)s1. The Hall–Kier alpha value is -1.56. The first-order valence-electron chi connectivity index (χ1n) is 5.38. The van der Waals surface area contributed by atoms with E-state index in [1.165, 1.54) is 15.0 Å². The molecule has 0 amide bonds. The predicted molar refractivity (Wildman–Crippen MR) is 76.9 cm³/mol. The van der Waals surface area contributed by atoms with E-state index in [0.29, 0.717) is 0 Å². The van der Waals surface area contributed by atoms with Crippen LogP contribution in [0.3, 0.4) is 0 Å². The molecule has 2 aromatic heterocycles. The molecule has 0 unspecified atom stereocenters. The molecule has 0 radical (unpaired) electrons. The Bertz CT molecular complexity index is 687. The fraction of sp³-hybridized carbons (Fsp3) is 0.0667. The number of thiophene rings is 2. The van der Waals surface area contributed by atoms with Crippen LogP contribution in [0.25, 0.3) is 10.1 Å². The third kappa shape index (κ3) is 2.26. The molecule has 0 fully saturated rings. The average molecular weight is 254 g/mol. The third-order valence-electron chi connectivity index (χ3n) is 2.47. The van der Waals surface area contributed by atoms with Crippen LogP contribution in [0.2, 0.25) is 0 Å². The van der Waals surface area contributed by atoms with Gasteiger partial charge in [-0.3, -0.25) is 0 Å². The Morgan fingerprint density at radius 2 is 1.71 bits per heavy atom. The van der Waals surface area contributed by atoms with Crippen LogP contribution in [0.1, 0.15) is 14.6 Å². The predicted octanol–water partition coefficient (Wildman–Crippen LogP) is 4.67. The molecule has 0 spiro atoms. The molecule has 2 heteroatoms. The van der Waals surface area contributed by atoms with Crippen LogP contribution in [-0.4, -0.2) is 0 Å². The molecule has 17 heavy (non-hydrogen) atoms. The molecule has 1 aromatic carbocycles. The Balaban J connectivity index is 1.97. The maximum Gasteiger partial charge on any atom is 0.0785 e. The first kappa shape index (κ1) is 10.6. The molecule has 3 rings (SSSR count). The van der Waals surface area contributed by atoms with Crippen LogP contribution in [0.4, 0.5) is 0 Å². The highest BCUT2D eigenvalue weighted by Gasteiger charge is 1.97. The summed E-state index contributed by atoms with van der Waals surface area (Å²) < 4.78 is 1.30. The molecule has 2 heterocycles. The van der Waals surface area contributed by atoms with Crippen molar-refractivity contribution in [2.75, 3.05) is 0 Å². The lowest BCUT2D eigenvalue weighted by molar-refractivity contribution is 1.64. The molecule has 0 bridgehead atoms. The summed E-state index contributed by atoms with van der Waals surface area (Å²) in [5.74, 6) is 6.46. The number of hydrogen-bond acceptors (Lipinski definition) is 2. The molecule has 0 saturated carbocycles. The van der Waals surface area contributed by atoms with E-state index in [4.69, 9.17) is 0 Å². The lowest BCUT2D eigenvalue weighted by atomic mass is 10.2. The topological polar surface area (TPSA) is 0 Å². The largest absolute Gasteiger partial charge is 0.132 e. The van der Waals surface area contributed by atoms with Crippen molar-refractivity contribution < 1.29 is 0 Å². The fourth-order valence-electron chi connectivity index (χ4n) is 1.67. The fourth-order valence-corrected chi connectivity index (χ4v) is 3.31. The van der Waals surface area contributed by atoms with Crippen molar-refractivity contribution in [2.24, 2.45) is 0 Å². The van der Waals surface area contributed by atoms with Gasteiger partial charge in [0, 0.05) is 9.58 Å². The van der Waals surface area contributed by atoms with Gasteiger partial charge in [-0.05, 0) is 48.4 Å². The zero-order valence-electron chi connectivity index (χ0n) is 9.36. The van der Waals surface area contributed by atoms with Gasteiger partial charge >= 0.3 is 0 Å². The van der Waals surface area contributed by atoms with Crippen LogP contribution in [0.15, 0.2) is 42.5 Å². The second kappa shape index (κ2) is 4.37. The number of aryl methyl sites for hydroxylation is 1. The van der Waals surface area contributed by atoms with E-state index in [9.17, 15) is 0 Å². The standard InChI is InChI=1S/C15H10S2/c1-11-6-7-13(16-11)8-9-14-10-12-4-2-3-5-15(12)17-14/h2-7,10H,1H3. The summed E-state index contributed by atoms with van der Waals surface area (Å²) >= 11 is 3.50. The molecule has 0 atom stereocenters. The molecular weight excluding hydrogens is 244 g/mol. The molecule has 0 aliphatic carbocycles. The van der Waals surface area contributed by atoms with Crippen molar-refractivity contribution in [3.63, 3.8) is 0 Å². The van der Waals surface area contributed by atoms with Crippen LogP contribution in [0.5, 0.6) is 0 Å². The van der Waals surface area contributed by atoms with Gasteiger partial charge in [0.15, 0.2) is 0 Å². The highest BCUT2D eigenvalue weighted by molar-refractivity contribution is 7.19. The van der Waals surface area contributed by atoms with E-state index < -0.39 is 0 Å². The highest BCUT2D eigenvalue weighted by atomic mass is 32.1. The highest BCUT2D eigenvalue weighted by Crippen LogP contribution is 2.24. The summed E-state index contributed by atoms with van der Waals surface area (Å²) in [6.07, 6.45) is 0. The third-order valence-corrected chi connectivity index (χ3v) is 4.42. The minimum Gasteiger partial charge on any atom is -0.132 e. The number of hydrogen-bond donors (Lipinski definition) is 0. The van der Waals surface area contributed by atoms with Crippen molar-refractivity contribution >= 4 is 32.8 Å². The Morgan fingerprint density at radius 1 is 0.882 bits per heavy atom. The maximum atomic E-state index is 3.24. The molecule has 82 valence electrons. The molecule has 0 aliphatic heterocycles. The van der Waals surface area contributed by atoms with Crippen molar-refractivity contribution in [2.45, 2.75) is 6.92 Å². The van der Waals surface area contributed by atoms with Crippen molar-refractivity contribution in [3.05, 3.63) is 57.1 Å². The molecule has 0 nitrogen and oxygen atoms in total. The zero-order chi connectivity index (χ0) is 11.7. The van der Waals surface area contributed by atoms with E-state index in [1.54, 1.807) is 22.7 Å². The quantitative estimate of drug-likeness (QED) is 0.511.